The monoisotopic (exact) mass is 924 g/mol. The van der Waals surface area contributed by atoms with Crippen LogP contribution in [0, 0.1) is 23.4 Å². The number of anilines is 1. The number of nitrogens with zero attached hydrogens (tertiary/aromatic N) is 8. The summed E-state index contributed by atoms with van der Waals surface area (Å²) in [6.07, 6.45) is -3.92. The molecular weight excluding hydrogens is 900 g/mol. The van der Waals surface area contributed by atoms with Crippen molar-refractivity contribution >= 4 is 65.9 Å². The Kier molecular flexibility index (Phi) is 9.52. The van der Waals surface area contributed by atoms with Gasteiger partial charge in [0.1, 0.15) is 50.9 Å². The van der Waals surface area contributed by atoms with Crippen LogP contribution in [0.2, 0.25) is 5.02 Å². The molecular formula is C37H25ClF8N10O4S2. The number of hydrogen-bond donors (Lipinski definition) is 2. The van der Waals surface area contributed by atoms with E-state index in [1.807, 2.05) is 0 Å². The minimum absolute atomic E-state index is 0.00276. The first-order valence-electron chi connectivity index (χ1n) is 18.1. The minimum atomic E-state index is -5.14. The lowest BCUT2D eigenvalue weighted by Gasteiger charge is -2.23. The number of benzene rings is 2. The molecule has 0 bridgehead atoms. The Hall–Kier alpha value is -6.01. The zero-order valence-electron chi connectivity index (χ0n) is 31.4. The van der Waals surface area contributed by atoms with E-state index in [1.54, 1.807) is 0 Å². The van der Waals surface area contributed by atoms with E-state index in [9.17, 15) is 44.3 Å². The van der Waals surface area contributed by atoms with E-state index in [2.05, 4.69) is 35.2 Å². The van der Waals surface area contributed by atoms with Crippen molar-refractivity contribution in [2.75, 3.05) is 11.0 Å². The number of amides is 1. The lowest BCUT2D eigenvalue weighted by molar-refractivity contribution is -0.142. The molecule has 14 nitrogen and oxygen atoms in total. The number of nitrogens with one attached hydrogen (secondary N) is 2. The highest BCUT2D eigenvalue weighted by atomic mass is 35.5. The van der Waals surface area contributed by atoms with Gasteiger partial charge in [0, 0.05) is 43.3 Å². The van der Waals surface area contributed by atoms with E-state index >= 15 is 8.78 Å². The molecule has 62 heavy (non-hydrogen) atoms. The zero-order chi connectivity index (χ0) is 44.4. The lowest BCUT2D eigenvalue weighted by Crippen LogP contribution is -2.38. The predicted molar refractivity (Wildman–Crippen MR) is 207 cm³/mol. The molecule has 2 aliphatic carbocycles. The Morgan fingerprint density at radius 3 is 2.45 bits per heavy atom. The molecule has 2 N–H and O–H groups in total. The standard InChI is InChI=1S/C37H25ClF8N10O4S2/c1-54-27-23(4-3-20(38)26(27)31(52-54)53-62(2,59)60)56-33(49-32-28(35(56)58)61-34(50-32)22-11-15(39)5-6-47-22)21(9-14-7-16(40)10-17(41)8-14)48-24(57)13-55-30-25(29(51-55)37(44,45)46)18-12-19(18)36(30,42)43/h3-8,10-11,18-19,21H,9,12-13H2,1-2H3,(H,48,57)(H,52,53)/t18-,19+,21-/m0/s1. The highest BCUT2D eigenvalue weighted by Gasteiger charge is 2.68. The second-order valence-corrected chi connectivity index (χ2v) is 17.9. The average molecular weight is 925 g/mol. The van der Waals surface area contributed by atoms with Crippen LogP contribution in [0.1, 0.15) is 46.7 Å². The summed E-state index contributed by atoms with van der Waals surface area (Å²) in [4.78, 5) is 42.0. The van der Waals surface area contributed by atoms with Crippen LogP contribution in [0.25, 0.3) is 37.6 Å². The number of rotatable bonds is 10. The molecule has 5 aromatic heterocycles. The van der Waals surface area contributed by atoms with Gasteiger partial charge in [0.15, 0.2) is 17.2 Å². The molecule has 25 heteroatoms. The Bertz CT molecular complexity index is 3200. The van der Waals surface area contributed by atoms with Crippen LogP contribution >= 0.6 is 22.9 Å². The first-order valence-corrected chi connectivity index (χ1v) is 21.2. The SMILES string of the molecule is Cn1nc(NS(C)(=O)=O)c2c(Cl)ccc(-n3c([C@H](Cc4cc(F)cc(F)c4)NC(=O)Cn4nc(C(F)(F)F)c5c4C(F)(F)[C@@H]4C[C@H]54)nc4nc(-c5cc(F)ccn5)sc4c3=O)c21. The number of fused-ring (bicyclic) bond motifs is 5. The van der Waals surface area contributed by atoms with Crippen molar-refractivity contribution < 1.29 is 48.3 Å². The summed E-state index contributed by atoms with van der Waals surface area (Å²) in [5, 5.41) is 10.1. The molecule has 2 aliphatic rings. The minimum Gasteiger partial charge on any atom is -0.344 e. The van der Waals surface area contributed by atoms with Gasteiger partial charge in [0.2, 0.25) is 15.9 Å². The van der Waals surface area contributed by atoms with E-state index < -0.39 is 105 Å². The van der Waals surface area contributed by atoms with Gasteiger partial charge in [-0.3, -0.25) is 33.2 Å². The molecule has 322 valence electrons. The molecule has 0 radical (unpaired) electrons. The molecule has 0 spiro atoms. The normalized spacial score (nSPS) is 17.3. The number of carbonyl (C=O) groups excluding carboxylic acids is 1. The molecule has 1 amide bonds. The van der Waals surface area contributed by atoms with Crippen LogP contribution in [-0.2, 0) is 46.9 Å². The van der Waals surface area contributed by atoms with E-state index in [1.165, 1.54) is 23.9 Å². The van der Waals surface area contributed by atoms with Crippen LogP contribution in [0.3, 0.4) is 0 Å². The number of carbonyl (C=O) groups is 1. The molecule has 7 aromatic rings. The van der Waals surface area contributed by atoms with E-state index in [4.69, 9.17) is 11.6 Å². The molecule has 0 unspecified atom stereocenters. The first kappa shape index (κ1) is 41.3. The summed E-state index contributed by atoms with van der Waals surface area (Å²) >= 11 is 7.32. The maximum absolute atomic E-state index is 15.5. The Labute approximate surface area is 351 Å². The van der Waals surface area contributed by atoms with E-state index in [0.29, 0.717) is 6.07 Å². The van der Waals surface area contributed by atoms with Crippen molar-refractivity contribution in [3.63, 3.8) is 0 Å². The Morgan fingerprint density at radius 2 is 1.77 bits per heavy atom. The van der Waals surface area contributed by atoms with Crippen molar-refractivity contribution in [1.82, 2.24) is 44.4 Å². The maximum Gasteiger partial charge on any atom is 0.435 e. The van der Waals surface area contributed by atoms with Gasteiger partial charge in [0.25, 0.3) is 11.5 Å². The Morgan fingerprint density at radius 1 is 1.05 bits per heavy atom. The smallest absolute Gasteiger partial charge is 0.344 e. The second-order valence-electron chi connectivity index (χ2n) is 14.7. The molecule has 2 aromatic carbocycles. The van der Waals surface area contributed by atoms with Gasteiger partial charge in [-0.25, -0.2) is 31.6 Å². The summed E-state index contributed by atoms with van der Waals surface area (Å²) < 4.78 is 146. The van der Waals surface area contributed by atoms with Crippen molar-refractivity contribution in [3.05, 3.63) is 110 Å². The average Bonchev–Trinajstić information content (AvgIpc) is 3.40. The molecule has 0 aliphatic heterocycles. The fourth-order valence-electron chi connectivity index (χ4n) is 7.92. The summed E-state index contributed by atoms with van der Waals surface area (Å²) in [6.45, 7) is -1.20. The van der Waals surface area contributed by atoms with Crippen molar-refractivity contribution in [3.8, 4) is 16.4 Å². The van der Waals surface area contributed by atoms with Crippen LogP contribution in [0.4, 0.5) is 40.9 Å². The van der Waals surface area contributed by atoms with Crippen molar-refractivity contribution in [1.29, 1.82) is 0 Å². The highest BCUT2D eigenvalue weighted by Crippen LogP contribution is 2.68. The summed E-state index contributed by atoms with van der Waals surface area (Å²) in [5.74, 6) is -11.0. The van der Waals surface area contributed by atoms with Gasteiger partial charge < -0.3 is 5.32 Å². The topological polar surface area (TPSA) is 172 Å². The third-order valence-corrected chi connectivity index (χ3v) is 12.3. The molecule has 1 fully saturated rings. The third-order valence-electron chi connectivity index (χ3n) is 10.3. The highest BCUT2D eigenvalue weighted by molar-refractivity contribution is 7.92. The number of pyridine rings is 1. The third kappa shape index (κ3) is 7.11. The molecule has 1 saturated carbocycles. The second kappa shape index (κ2) is 14.3. The number of hydrogen-bond acceptors (Lipinski definition) is 10. The van der Waals surface area contributed by atoms with E-state index in [-0.39, 0.29) is 65.1 Å². The van der Waals surface area contributed by atoms with Crippen LogP contribution in [0.15, 0.2) is 53.5 Å². The summed E-state index contributed by atoms with van der Waals surface area (Å²) in [6, 6.07) is 5.40. The Balaban J connectivity index is 1.25. The maximum atomic E-state index is 15.5. The summed E-state index contributed by atoms with van der Waals surface area (Å²) in [5.41, 5.74) is -4.75. The fourth-order valence-corrected chi connectivity index (χ4v) is 9.55. The van der Waals surface area contributed by atoms with Gasteiger partial charge in [-0.1, -0.05) is 11.6 Å². The van der Waals surface area contributed by atoms with E-state index in [0.717, 1.165) is 52.6 Å². The van der Waals surface area contributed by atoms with Gasteiger partial charge in [-0.2, -0.15) is 32.1 Å². The van der Waals surface area contributed by atoms with Crippen LogP contribution in [-0.4, -0.2) is 59.7 Å². The predicted octanol–water partition coefficient (Wildman–Crippen LogP) is 6.76. The zero-order valence-corrected chi connectivity index (χ0v) is 33.8. The number of thiazole rings is 1. The van der Waals surface area contributed by atoms with Crippen LogP contribution < -0.4 is 15.6 Å². The van der Waals surface area contributed by atoms with Crippen molar-refractivity contribution in [2.45, 2.75) is 43.4 Å². The molecule has 3 atom stereocenters. The largest absolute Gasteiger partial charge is 0.435 e. The number of halogens is 9. The number of sulfonamides is 1. The number of aryl methyl sites for hydroxylation is 1. The van der Waals surface area contributed by atoms with Crippen molar-refractivity contribution in [2.24, 2.45) is 13.0 Å². The van der Waals surface area contributed by atoms with Gasteiger partial charge in [-0.05, 0) is 48.2 Å². The summed E-state index contributed by atoms with van der Waals surface area (Å²) in [7, 11) is -2.58. The lowest BCUT2D eigenvalue weighted by atomic mass is 10.0. The van der Waals surface area contributed by atoms with Gasteiger partial charge in [-0.15, -0.1) is 11.3 Å². The number of aromatic nitrogens is 8. The number of alkyl halides is 5. The van der Waals surface area contributed by atoms with Crippen LogP contribution in [0.5, 0.6) is 0 Å². The fraction of sp³-hybridized carbons (Fsp3) is 0.270. The molecule has 9 rings (SSSR count). The molecule has 5 heterocycles. The quantitative estimate of drug-likeness (QED) is 0.141. The van der Waals surface area contributed by atoms with Gasteiger partial charge >= 0.3 is 6.18 Å². The first-order chi connectivity index (χ1) is 29.1. The van der Waals surface area contributed by atoms with Gasteiger partial charge in [0.05, 0.1) is 33.9 Å². The molecule has 0 saturated heterocycles.